The summed E-state index contributed by atoms with van der Waals surface area (Å²) in [6.45, 7) is 7.59. The molecule has 0 atom stereocenters. The van der Waals surface area contributed by atoms with Crippen molar-refractivity contribution in [2.24, 2.45) is 5.92 Å². The number of rotatable bonds is 3. The smallest absolute Gasteiger partial charge is 0.333 e. The van der Waals surface area contributed by atoms with Gasteiger partial charge in [-0.05, 0) is 32.6 Å². The first kappa shape index (κ1) is 11.3. The van der Waals surface area contributed by atoms with Gasteiger partial charge in [-0.2, -0.15) is 0 Å². The first-order valence-electron chi connectivity index (χ1n) is 5.51. The van der Waals surface area contributed by atoms with Crippen LogP contribution in [0.2, 0.25) is 0 Å². The van der Waals surface area contributed by atoms with Crippen LogP contribution in [-0.4, -0.2) is 12.1 Å². The van der Waals surface area contributed by atoms with Crippen molar-refractivity contribution in [2.45, 2.75) is 52.1 Å². The van der Waals surface area contributed by atoms with Gasteiger partial charge in [0, 0.05) is 5.57 Å². The van der Waals surface area contributed by atoms with E-state index in [0.29, 0.717) is 11.5 Å². The van der Waals surface area contributed by atoms with E-state index in [9.17, 15) is 4.79 Å². The van der Waals surface area contributed by atoms with Gasteiger partial charge in [-0.1, -0.05) is 25.8 Å². The van der Waals surface area contributed by atoms with E-state index < -0.39 is 0 Å². The van der Waals surface area contributed by atoms with Crippen LogP contribution in [0.25, 0.3) is 0 Å². The SMILES string of the molecule is C=C(C(=O)OC(C)C)C1CCCCC1. The second-order valence-corrected chi connectivity index (χ2v) is 4.31. The van der Waals surface area contributed by atoms with E-state index in [0.717, 1.165) is 12.8 Å². The van der Waals surface area contributed by atoms with Crippen LogP contribution in [0, 0.1) is 5.92 Å². The molecule has 0 radical (unpaired) electrons. The lowest BCUT2D eigenvalue weighted by atomic mass is 9.84. The fourth-order valence-electron chi connectivity index (χ4n) is 1.91. The Morgan fingerprint density at radius 3 is 2.36 bits per heavy atom. The highest BCUT2D eigenvalue weighted by molar-refractivity contribution is 5.88. The van der Waals surface area contributed by atoms with Crippen molar-refractivity contribution in [1.29, 1.82) is 0 Å². The first-order chi connectivity index (χ1) is 6.61. The standard InChI is InChI=1S/C12H20O2/c1-9(2)14-12(13)10(3)11-7-5-4-6-8-11/h9,11H,3-8H2,1-2H3. The molecule has 1 aliphatic carbocycles. The zero-order valence-electron chi connectivity index (χ0n) is 9.21. The molecular formula is C12H20O2. The molecule has 0 aliphatic heterocycles. The number of carbonyl (C=O) groups excluding carboxylic acids is 1. The summed E-state index contributed by atoms with van der Waals surface area (Å²) in [5.74, 6) is 0.168. The second-order valence-electron chi connectivity index (χ2n) is 4.31. The van der Waals surface area contributed by atoms with Gasteiger partial charge in [0.15, 0.2) is 0 Å². The van der Waals surface area contributed by atoms with E-state index in [1.54, 1.807) is 0 Å². The molecule has 0 aromatic carbocycles. The second kappa shape index (κ2) is 5.18. The molecule has 0 bridgehead atoms. The molecule has 14 heavy (non-hydrogen) atoms. The van der Waals surface area contributed by atoms with Gasteiger partial charge < -0.3 is 4.74 Å². The monoisotopic (exact) mass is 196 g/mol. The molecule has 2 heteroatoms. The molecule has 1 aliphatic rings. The number of ether oxygens (including phenoxy) is 1. The summed E-state index contributed by atoms with van der Waals surface area (Å²) in [4.78, 5) is 11.5. The molecule has 80 valence electrons. The number of carbonyl (C=O) groups is 1. The van der Waals surface area contributed by atoms with Crippen LogP contribution < -0.4 is 0 Å². The van der Waals surface area contributed by atoms with E-state index in [-0.39, 0.29) is 12.1 Å². The normalized spacial score (nSPS) is 18.2. The Morgan fingerprint density at radius 1 is 1.29 bits per heavy atom. The number of hydrogen-bond donors (Lipinski definition) is 0. The van der Waals surface area contributed by atoms with Crippen molar-refractivity contribution in [3.63, 3.8) is 0 Å². The summed E-state index contributed by atoms with van der Waals surface area (Å²) in [6.07, 6.45) is 5.90. The Labute approximate surface area is 86.3 Å². The molecule has 0 saturated heterocycles. The minimum Gasteiger partial charge on any atom is -0.460 e. The minimum atomic E-state index is -0.202. The maximum Gasteiger partial charge on any atom is 0.333 e. The van der Waals surface area contributed by atoms with E-state index in [2.05, 4.69) is 6.58 Å². The fourth-order valence-corrected chi connectivity index (χ4v) is 1.91. The molecule has 0 aromatic heterocycles. The molecule has 0 heterocycles. The van der Waals surface area contributed by atoms with Crippen molar-refractivity contribution in [2.75, 3.05) is 0 Å². The Hall–Kier alpha value is -0.790. The lowest BCUT2D eigenvalue weighted by Gasteiger charge is -2.23. The number of hydrogen-bond acceptors (Lipinski definition) is 2. The molecule has 1 fully saturated rings. The summed E-state index contributed by atoms with van der Waals surface area (Å²) in [7, 11) is 0. The topological polar surface area (TPSA) is 26.3 Å². The Morgan fingerprint density at radius 2 is 1.86 bits per heavy atom. The predicted octanol–water partition coefficient (Wildman–Crippen LogP) is 3.07. The van der Waals surface area contributed by atoms with E-state index in [1.165, 1.54) is 19.3 Å². The average Bonchev–Trinajstić information content (AvgIpc) is 2.17. The highest BCUT2D eigenvalue weighted by atomic mass is 16.5. The van der Waals surface area contributed by atoms with E-state index in [1.807, 2.05) is 13.8 Å². The van der Waals surface area contributed by atoms with Crippen LogP contribution >= 0.6 is 0 Å². The van der Waals surface area contributed by atoms with Gasteiger partial charge in [0.1, 0.15) is 0 Å². The summed E-state index contributed by atoms with van der Waals surface area (Å²) in [6, 6.07) is 0. The van der Waals surface area contributed by atoms with E-state index >= 15 is 0 Å². The van der Waals surface area contributed by atoms with Crippen LogP contribution in [0.1, 0.15) is 46.0 Å². The lowest BCUT2D eigenvalue weighted by molar-refractivity contribution is -0.143. The molecule has 2 nitrogen and oxygen atoms in total. The van der Waals surface area contributed by atoms with Gasteiger partial charge in [-0.25, -0.2) is 4.79 Å². The van der Waals surface area contributed by atoms with Gasteiger partial charge in [-0.15, -0.1) is 0 Å². The van der Waals surface area contributed by atoms with Gasteiger partial charge in [-0.3, -0.25) is 0 Å². The van der Waals surface area contributed by atoms with Crippen LogP contribution in [0.3, 0.4) is 0 Å². The number of esters is 1. The third kappa shape index (κ3) is 3.17. The quantitative estimate of drug-likeness (QED) is 0.512. The molecule has 1 saturated carbocycles. The van der Waals surface area contributed by atoms with Gasteiger partial charge in [0.05, 0.1) is 6.10 Å². The Balaban J connectivity index is 2.42. The largest absolute Gasteiger partial charge is 0.460 e. The van der Waals surface area contributed by atoms with Gasteiger partial charge in [0.2, 0.25) is 0 Å². The van der Waals surface area contributed by atoms with Crippen LogP contribution in [0.4, 0.5) is 0 Å². The lowest BCUT2D eigenvalue weighted by Crippen LogP contribution is -2.20. The Kier molecular flexibility index (Phi) is 4.18. The molecular weight excluding hydrogens is 176 g/mol. The summed E-state index contributed by atoms with van der Waals surface area (Å²) in [5.41, 5.74) is 0.679. The minimum absolute atomic E-state index is 0.0390. The van der Waals surface area contributed by atoms with E-state index in [4.69, 9.17) is 4.74 Å². The Bertz CT molecular complexity index is 212. The maximum atomic E-state index is 11.5. The maximum absolute atomic E-state index is 11.5. The molecule has 0 unspecified atom stereocenters. The zero-order chi connectivity index (χ0) is 10.6. The first-order valence-corrected chi connectivity index (χ1v) is 5.51. The van der Waals surface area contributed by atoms with Crippen LogP contribution in [-0.2, 0) is 9.53 Å². The fraction of sp³-hybridized carbons (Fsp3) is 0.750. The third-order valence-electron chi connectivity index (χ3n) is 2.70. The summed E-state index contributed by atoms with van der Waals surface area (Å²) >= 11 is 0. The highest BCUT2D eigenvalue weighted by Gasteiger charge is 2.22. The van der Waals surface area contributed by atoms with Crippen molar-refractivity contribution < 1.29 is 9.53 Å². The summed E-state index contributed by atoms with van der Waals surface area (Å²) < 4.78 is 5.13. The van der Waals surface area contributed by atoms with Crippen molar-refractivity contribution in [3.05, 3.63) is 12.2 Å². The van der Waals surface area contributed by atoms with Crippen molar-refractivity contribution >= 4 is 5.97 Å². The van der Waals surface area contributed by atoms with Gasteiger partial charge in [0.25, 0.3) is 0 Å². The summed E-state index contributed by atoms with van der Waals surface area (Å²) in [5, 5.41) is 0. The van der Waals surface area contributed by atoms with Crippen molar-refractivity contribution in [1.82, 2.24) is 0 Å². The molecule has 0 N–H and O–H groups in total. The zero-order valence-corrected chi connectivity index (χ0v) is 9.21. The molecule has 0 amide bonds. The van der Waals surface area contributed by atoms with Gasteiger partial charge >= 0.3 is 5.97 Å². The molecule has 1 rings (SSSR count). The van der Waals surface area contributed by atoms with Crippen LogP contribution in [0.5, 0.6) is 0 Å². The third-order valence-corrected chi connectivity index (χ3v) is 2.70. The predicted molar refractivity (Wildman–Crippen MR) is 56.9 cm³/mol. The van der Waals surface area contributed by atoms with Crippen molar-refractivity contribution in [3.8, 4) is 0 Å². The highest BCUT2D eigenvalue weighted by Crippen LogP contribution is 2.29. The molecule has 0 aromatic rings. The average molecular weight is 196 g/mol. The molecule has 0 spiro atoms. The van der Waals surface area contributed by atoms with Crippen LogP contribution in [0.15, 0.2) is 12.2 Å².